The first-order chi connectivity index (χ1) is 9.95. The molecule has 0 bridgehead atoms. The van der Waals surface area contributed by atoms with Crippen LogP contribution in [0.25, 0.3) is 0 Å². The standard InChI is InChI=1S/C16H26N2O2S.ClH.H2S/c1-11-6-5-7-12(2)15(11)20-10-13(3)18-16(19)14(17)8-9-21-4;;/h5-7,13-14H,8-10,17H2,1-4H3,(H,18,19);1H;1H2/t13?,14-;;/m0../s1. The minimum Gasteiger partial charge on any atom is -0.491 e. The molecule has 0 radical (unpaired) electrons. The van der Waals surface area contributed by atoms with Gasteiger partial charge in [0.15, 0.2) is 0 Å². The molecule has 1 rings (SSSR count). The van der Waals surface area contributed by atoms with E-state index in [-0.39, 0.29) is 37.9 Å². The van der Waals surface area contributed by atoms with Crippen LogP contribution in [0.4, 0.5) is 0 Å². The topological polar surface area (TPSA) is 64.4 Å². The maximum absolute atomic E-state index is 11.9. The molecule has 0 saturated carbocycles. The Balaban J connectivity index is 0. The number of nitrogens with two attached hydrogens (primary N) is 1. The van der Waals surface area contributed by atoms with Gasteiger partial charge in [-0.15, -0.1) is 12.4 Å². The average Bonchev–Trinajstić information content (AvgIpc) is 2.44. The van der Waals surface area contributed by atoms with Gasteiger partial charge in [0.1, 0.15) is 12.4 Å². The molecule has 2 atom stereocenters. The summed E-state index contributed by atoms with van der Waals surface area (Å²) in [4.78, 5) is 11.9. The van der Waals surface area contributed by atoms with Crippen molar-refractivity contribution in [2.75, 3.05) is 18.6 Å². The number of thioether (sulfide) groups is 1. The molecular formula is C16H29ClN2O2S2. The van der Waals surface area contributed by atoms with Crippen molar-refractivity contribution in [2.45, 2.75) is 39.3 Å². The number of para-hydroxylation sites is 1. The third-order valence-electron chi connectivity index (χ3n) is 3.24. The first-order valence-corrected chi connectivity index (χ1v) is 8.59. The number of benzene rings is 1. The number of hydrogen-bond donors (Lipinski definition) is 2. The molecule has 0 aromatic heterocycles. The van der Waals surface area contributed by atoms with Crippen LogP contribution in [0.2, 0.25) is 0 Å². The van der Waals surface area contributed by atoms with E-state index in [4.69, 9.17) is 10.5 Å². The van der Waals surface area contributed by atoms with Gasteiger partial charge < -0.3 is 15.8 Å². The molecule has 1 unspecified atom stereocenters. The van der Waals surface area contributed by atoms with Crippen LogP contribution in [0.3, 0.4) is 0 Å². The number of amides is 1. The molecule has 0 fully saturated rings. The normalized spacial score (nSPS) is 12.4. The Kier molecular flexibility index (Phi) is 13.8. The molecule has 4 nitrogen and oxygen atoms in total. The lowest BCUT2D eigenvalue weighted by atomic mass is 10.1. The highest BCUT2D eigenvalue weighted by Gasteiger charge is 2.16. The molecule has 23 heavy (non-hydrogen) atoms. The summed E-state index contributed by atoms with van der Waals surface area (Å²) >= 11 is 1.69. The maximum Gasteiger partial charge on any atom is 0.237 e. The van der Waals surface area contributed by atoms with Gasteiger partial charge >= 0.3 is 0 Å². The first-order valence-electron chi connectivity index (χ1n) is 7.19. The van der Waals surface area contributed by atoms with Gasteiger partial charge in [-0.2, -0.15) is 25.3 Å². The lowest BCUT2D eigenvalue weighted by molar-refractivity contribution is -0.123. The first kappa shape index (κ1) is 24.7. The summed E-state index contributed by atoms with van der Waals surface area (Å²) in [5.41, 5.74) is 8.04. The van der Waals surface area contributed by atoms with Gasteiger partial charge in [-0.05, 0) is 50.3 Å². The van der Waals surface area contributed by atoms with Crippen molar-refractivity contribution in [3.05, 3.63) is 29.3 Å². The van der Waals surface area contributed by atoms with Gasteiger partial charge in [-0.25, -0.2) is 0 Å². The Morgan fingerprint density at radius 2 is 1.91 bits per heavy atom. The van der Waals surface area contributed by atoms with Crippen LogP contribution in [-0.2, 0) is 4.79 Å². The number of aryl methyl sites for hydroxylation is 2. The second-order valence-corrected chi connectivity index (χ2v) is 6.32. The predicted molar refractivity (Wildman–Crippen MR) is 108 cm³/mol. The van der Waals surface area contributed by atoms with Crippen molar-refractivity contribution in [1.82, 2.24) is 5.32 Å². The smallest absolute Gasteiger partial charge is 0.237 e. The third-order valence-corrected chi connectivity index (χ3v) is 3.89. The van der Waals surface area contributed by atoms with E-state index in [0.29, 0.717) is 13.0 Å². The zero-order valence-electron chi connectivity index (χ0n) is 14.2. The fraction of sp³-hybridized carbons (Fsp3) is 0.562. The molecule has 0 heterocycles. The summed E-state index contributed by atoms with van der Waals surface area (Å²) in [6.07, 6.45) is 2.70. The van der Waals surface area contributed by atoms with Crippen LogP contribution in [0.1, 0.15) is 24.5 Å². The number of ether oxygens (including phenoxy) is 1. The summed E-state index contributed by atoms with van der Waals surface area (Å²) in [7, 11) is 0. The van der Waals surface area contributed by atoms with Gasteiger partial charge in [0.2, 0.25) is 5.91 Å². The van der Waals surface area contributed by atoms with Crippen LogP contribution in [0, 0.1) is 13.8 Å². The molecule has 0 aliphatic carbocycles. The Morgan fingerprint density at radius 3 is 2.43 bits per heavy atom. The predicted octanol–water partition coefficient (Wildman–Crippen LogP) is 2.80. The number of nitrogens with one attached hydrogen (secondary N) is 1. The summed E-state index contributed by atoms with van der Waals surface area (Å²) in [6, 6.07) is 5.53. The molecular weight excluding hydrogens is 352 g/mol. The zero-order valence-corrected chi connectivity index (χ0v) is 16.9. The van der Waals surface area contributed by atoms with Crippen LogP contribution in [0.15, 0.2) is 18.2 Å². The molecule has 1 aromatic carbocycles. The van der Waals surface area contributed by atoms with Crippen LogP contribution in [-0.4, -0.2) is 36.6 Å². The minimum absolute atomic E-state index is 0. The van der Waals surface area contributed by atoms with E-state index >= 15 is 0 Å². The van der Waals surface area contributed by atoms with Gasteiger partial charge in [-0.3, -0.25) is 4.79 Å². The Labute approximate surface area is 157 Å². The van der Waals surface area contributed by atoms with Crippen LogP contribution >= 0.6 is 37.7 Å². The quantitative estimate of drug-likeness (QED) is 0.727. The van der Waals surface area contributed by atoms with Crippen molar-refractivity contribution < 1.29 is 9.53 Å². The van der Waals surface area contributed by atoms with E-state index in [9.17, 15) is 4.79 Å². The number of rotatable bonds is 8. The second-order valence-electron chi connectivity index (χ2n) is 5.33. The highest BCUT2D eigenvalue weighted by atomic mass is 35.5. The van der Waals surface area contributed by atoms with Crippen molar-refractivity contribution in [3.8, 4) is 5.75 Å². The highest BCUT2D eigenvalue weighted by molar-refractivity contribution is 7.98. The fourth-order valence-electron chi connectivity index (χ4n) is 2.00. The van der Waals surface area contributed by atoms with Gasteiger partial charge in [-0.1, -0.05) is 18.2 Å². The number of carbonyl (C=O) groups excluding carboxylic acids is 1. The largest absolute Gasteiger partial charge is 0.491 e. The number of halogens is 1. The highest BCUT2D eigenvalue weighted by Crippen LogP contribution is 2.22. The number of hydrogen-bond acceptors (Lipinski definition) is 4. The van der Waals surface area contributed by atoms with Gasteiger partial charge in [0.05, 0.1) is 12.1 Å². The third kappa shape index (κ3) is 8.74. The van der Waals surface area contributed by atoms with Crippen molar-refractivity contribution in [1.29, 1.82) is 0 Å². The monoisotopic (exact) mass is 380 g/mol. The summed E-state index contributed by atoms with van der Waals surface area (Å²) < 4.78 is 5.83. The molecule has 0 spiro atoms. The molecule has 0 aliphatic heterocycles. The lowest BCUT2D eigenvalue weighted by Crippen LogP contribution is -2.46. The molecule has 3 N–H and O–H groups in total. The van der Waals surface area contributed by atoms with E-state index in [1.54, 1.807) is 11.8 Å². The van der Waals surface area contributed by atoms with E-state index in [1.807, 2.05) is 45.2 Å². The lowest BCUT2D eigenvalue weighted by Gasteiger charge is -2.19. The van der Waals surface area contributed by atoms with Gasteiger partial charge in [0.25, 0.3) is 0 Å². The van der Waals surface area contributed by atoms with Crippen LogP contribution in [0.5, 0.6) is 5.75 Å². The van der Waals surface area contributed by atoms with E-state index in [0.717, 1.165) is 22.6 Å². The van der Waals surface area contributed by atoms with Crippen molar-refractivity contribution >= 4 is 43.6 Å². The molecule has 134 valence electrons. The second kappa shape index (κ2) is 12.8. The van der Waals surface area contributed by atoms with E-state index in [2.05, 4.69) is 5.32 Å². The van der Waals surface area contributed by atoms with Gasteiger partial charge in [0, 0.05) is 0 Å². The Morgan fingerprint density at radius 1 is 1.35 bits per heavy atom. The molecule has 1 amide bonds. The SMILES string of the molecule is CSCC[C@H](N)C(=O)NC(C)COc1c(C)cccc1C.Cl.S. The molecule has 7 heteroatoms. The van der Waals surface area contributed by atoms with E-state index in [1.165, 1.54) is 0 Å². The Bertz CT molecular complexity index is 455. The zero-order chi connectivity index (χ0) is 15.8. The Hall–Kier alpha value is -0.560. The maximum atomic E-state index is 11.9. The van der Waals surface area contributed by atoms with E-state index < -0.39 is 6.04 Å². The minimum atomic E-state index is -0.444. The fourth-order valence-corrected chi connectivity index (χ4v) is 2.49. The molecule has 0 saturated heterocycles. The van der Waals surface area contributed by atoms with Crippen LogP contribution < -0.4 is 15.8 Å². The number of carbonyl (C=O) groups is 1. The summed E-state index contributed by atoms with van der Waals surface area (Å²) in [5.74, 6) is 1.67. The van der Waals surface area contributed by atoms with Crippen molar-refractivity contribution in [3.63, 3.8) is 0 Å². The molecule has 1 aromatic rings. The summed E-state index contributed by atoms with van der Waals surface area (Å²) in [6.45, 7) is 6.40. The van der Waals surface area contributed by atoms with Crippen molar-refractivity contribution in [2.24, 2.45) is 5.73 Å². The summed E-state index contributed by atoms with van der Waals surface area (Å²) in [5, 5.41) is 2.90. The average molecular weight is 381 g/mol. The molecule has 0 aliphatic rings.